The lowest BCUT2D eigenvalue weighted by Crippen LogP contribution is -2.26. The lowest BCUT2D eigenvalue weighted by Gasteiger charge is -2.29. The van der Waals surface area contributed by atoms with Gasteiger partial charge in [0.1, 0.15) is 0 Å². The van der Waals surface area contributed by atoms with Crippen LogP contribution in [0.4, 0.5) is 0 Å². The van der Waals surface area contributed by atoms with Crippen molar-refractivity contribution < 1.29 is 0 Å². The Labute approximate surface area is 92.4 Å². The van der Waals surface area contributed by atoms with Crippen molar-refractivity contribution in [3.05, 3.63) is 4.77 Å². The highest BCUT2D eigenvalue weighted by atomic mass is 32.2. The number of H-pyrrole nitrogens is 1. The van der Waals surface area contributed by atoms with Crippen molar-refractivity contribution in [1.29, 1.82) is 0 Å². The summed E-state index contributed by atoms with van der Waals surface area (Å²) in [5.41, 5.74) is 0. The summed E-state index contributed by atoms with van der Waals surface area (Å²) in [6.45, 7) is 0. The molecule has 14 heavy (non-hydrogen) atoms. The average molecular weight is 230 g/mol. The van der Waals surface area contributed by atoms with E-state index in [0.29, 0.717) is 16.1 Å². The topological polar surface area (TPSA) is 46.5 Å². The van der Waals surface area contributed by atoms with Crippen LogP contribution < -0.4 is 0 Å². The van der Waals surface area contributed by atoms with Gasteiger partial charge in [0.05, 0.1) is 6.04 Å². The van der Waals surface area contributed by atoms with Crippen LogP contribution in [0.2, 0.25) is 0 Å². The Morgan fingerprint density at radius 1 is 1.50 bits per heavy atom. The maximum absolute atomic E-state index is 5.12. The Morgan fingerprint density at radius 2 is 2.29 bits per heavy atom. The molecule has 1 fully saturated rings. The van der Waals surface area contributed by atoms with E-state index in [1.54, 1.807) is 0 Å². The van der Waals surface area contributed by atoms with E-state index in [-0.39, 0.29) is 0 Å². The van der Waals surface area contributed by atoms with Crippen LogP contribution >= 0.6 is 24.0 Å². The molecule has 2 atom stereocenters. The van der Waals surface area contributed by atoms with Crippen LogP contribution in [0.5, 0.6) is 0 Å². The van der Waals surface area contributed by atoms with E-state index < -0.39 is 0 Å². The molecule has 0 saturated heterocycles. The van der Waals surface area contributed by atoms with E-state index in [4.69, 9.17) is 12.2 Å². The summed E-state index contributed by atoms with van der Waals surface area (Å²) in [5, 5.41) is 11.1. The van der Waals surface area contributed by atoms with Crippen molar-refractivity contribution in [3.8, 4) is 0 Å². The Bertz CT molecular complexity index is 345. The van der Waals surface area contributed by atoms with Gasteiger partial charge in [-0.15, -0.1) is 0 Å². The molecule has 1 aliphatic carbocycles. The molecule has 0 aromatic carbocycles. The van der Waals surface area contributed by atoms with Crippen LogP contribution in [-0.2, 0) is 0 Å². The number of tetrazole rings is 1. The molecule has 2 rings (SSSR count). The number of hydrogen-bond donors (Lipinski definition) is 1. The zero-order valence-electron chi connectivity index (χ0n) is 8.14. The van der Waals surface area contributed by atoms with Crippen molar-refractivity contribution in [2.75, 3.05) is 6.26 Å². The van der Waals surface area contributed by atoms with Crippen LogP contribution in [0, 0.1) is 4.77 Å². The Balaban J connectivity index is 2.23. The number of aromatic amines is 1. The minimum absolute atomic E-state index is 0.459. The molecule has 0 amide bonds. The van der Waals surface area contributed by atoms with Crippen LogP contribution in [0.25, 0.3) is 0 Å². The number of aromatic nitrogens is 4. The molecule has 0 radical (unpaired) electrons. The molecule has 2 unspecified atom stereocenters. The number of nitrogens with zero attached hydrogens (tertiary/aromatic N) is 3. The number of hydrogen-bond acceptors (Lipinski definition) is 4. The fourth-order valence-corrected chi connectivity index (χ4v) is 3.26. The summed E-state index contributed by atoms with van der Waals surface area (Å²) in [5.74, 6) is 0. The minimum Gasteiger partial charge on any atom is -0.238 e. The molecule has 4 nitrogen and oxygen atoms in total. The summed E-state index contributed by atoms with van der Waals surface area (Å²) < 4.78 is 2.52. The van der Waals surface area contributed by atoms with Gasteiger partial charge < -0.3 is 0 Å². The number of nitrogens with one attached hydrogen (secondary N) is 1. The third kappa shape index (κ3) is 1.86. The molecule has 1 aliphatic rings. The highest BCUT2D eigenvalue weighted by Gasteiger charge is 2.26. The molecule has 1 saturated carbocycles. The van der Waals surface area contributed by atoms with E-state index in [1.807, 2.05) is 16.4 Å². The first-order valence-corrected chi connectivity index (χ1v) is 6.55. The Morgan fingerprint density at radius 3 is 2.93 bits per heavy atom. The van der Waals surface area contributed by atoms with Gasteiger partial charge in [-0.05, 0) is 31.3 Å². The van der Waals surface area contributed by atoms with Gasteiger partial charge in [-0.2, -0.15) is 17.0 Å². The average Bonchev–Trinajstić information content (AvgIpc) is 2.64. The van der Waals surface area contributed by atoms with E-state index >= 15 is 0 Å². The van der Waals surface area contributed by atoms with Crippen LogP contribution in [0.15, 0.2) is 0 Å². The predicted molar refractivity (Wildman–Crippen MR) is 60.0 cm³/mol. The second-order valence-electron chi connectivity index (χ2n) is 3.58. The normalized spacial score (nSPS) is 27.8. The molecule has 1 aromatic heterocycles. The van der Waals surface area contributed by atoms with Crippen molar-refractivity contribution in [1.82, 2.24) is 20.2 Å². The van der Waals surface area contributed by atoms with E-state index in [2.05, 4.69) is 21.8 Å². The predicted octanol–water partition coefficient (Wildman–Crippen LogP) is 2.18. The summed E-state index contributed by atoms with van der Waals surface area (Å²) in [6, 6.07) is 0.459. The lowest BCUT2D eigenvalue weighted by atomic mass is 9.95. The zero-order valence-corrected chi connectivity index (χ0v) is 9.77. The third-order valence-electron chi connectivity index (χ3n) is 2.80. The molecule has 6 heteroatoms. The fraction of sp³-hybridized carbons (Fsp3) is 0.875. The quantitative estimate of drug-likeness (QED) is 0.791. The van der Waals surface area contributed by atoms with E-state index in [1.165, 1.54) is 25.7 Å². The largest absolute Gasteiger partial charge is 0.238 e. The van der Waals surface area contributed by atoms with Gasteiger partial charge in [-0.25, -0.2) is 4.68 Å². The second-order valence-corrected chi connectivity index (χ2v) is 5.02. The molecular weight excluding hydrogens is 216 g/mol. The number of rotatable bonds is 2. The maximum atomic E-state index is 5.12. The first-order valence-electron chi connectivity index (χ1n) is 4.85. The van der Waals surface area contributed by atoms with Crippen LogP contribution in [-0.4, -0.2) is 31.7 Å². The monoisotopic (exact) mass is 230 g/mol. The summed E-state index contributed by atoms with van der Waals surface area (Å²) >= 11 is 7.03. The molecular formula is C8H14N4S2. The van der Waals surface area contributed by atoms with Crippen molar-refractivity contribution in [2.45, 2.75) is 37.0 Å². The summed E-state index contributed by atoms with van der Waals surface area (Å²) in [7, 11) is 0. The Kier molecular flexibility index (Phi) is 3.22. The standard InChI is InChI=1S/C8H14N4S2/c1-14-7-5-3-2-4-6(7)12-8(13)9-10-11-12/h6-7H,2-5H2,1H3,(H,9,11,13). The second kappa shape index (κ2) is 4.44. The SMILES string of the molecule is CSC1CCCCC1n1[nH]nnc1=S. The van der Waals surface area contributed by atoms with Crippen LogP contribution in [0.1, 0.15) is 31.7 Å². The molecule has 0 bridgehead atoms. The molecule has 0 spiro atoms. The van der Waals surface area contributed by atoms with Gasteiger partial charge >= 0.3 is 0 Å². The Hall–Kier alpha value is -0.360. The highest BCUT2D eigenvalue weighted by molar-refractivity contribution is 7.99. The van der Waals surface area contributed by atoms with Crippen molar-refractivity contribution >= 4 is 24.0 Å². The summed E-state index contributed by atoms with van der Waals surface area (Å²) in [4.78, 5) is 0. The first kappa shape index (κ1) is 10.2. The van der Waals surface area contributed by atoms with Crippen molar-refractivity contribution in [2.24, 2.45) is 0 Å². The number of thioether (sulfide) groups is 1. The molecule has 1 N–H and O–H groups in total. The lowest BCUT2D eigenvalue weighted by molar-refractivity contribution is 0.332. The zero-order chi connectivity index (χ0) is 9.97. The minimum atomic E-state index is 0.459. The van der Waals surface area contributed by atoms with Gasteiger partial charge in [0.2, 0.25) is 4.77 Å². The third-order valence-corrected chi connectivity index (χ3v) is 4.23. The molecule has 1 heterocycles. The van der Waals surface area contributed by atoms with E-state index in [0.717, 1.165) is 0 Å². The molecule has 0 aliphatic heterocycles. The van der Waals surface area contributed by atoms with Gasteiger partial charge in [0.25, 0.3) is 0 Å². The van der Waals surface area contributed by atoms with Gasteiger partial charge in [-0.3, -0.25) is 0 Å². The fourth-order valence-electron chi connectivity index (χ4n) is 2.07. The van der Waals surface area contributed by atoms with E-state index in [9.17, 15) is 0 Å². The molecule has 78 valence electrons. The van der Waals surface area contributed by atoms with Crippen LogP contribution in [0.3, 0.4) is 0 Å². The van der Waals surface area contributed by atoms with Gasteiger partial charge in [-0.1, -0.05) is 23.2 Å². The van der Waals surface area contributed by atoms with Crippen molar-refractivity contribution in [3.63, 3.8) is 0 Å². The maximum Gasteiger partial charge on any atom is 0.238 e. The highest BCUT2D eigenvalue weighted by Crippen LogP contribution is 2.34. The van der Waals surface area contributed by atoms with Gasteiger partial charge in [0.15, 0.2) is 0 Å². The van der Waals surface area contributed by atoms with Gasteiger partial charge in [0, 0.05) is 5.25 Å². The molecule has 1 aromatic rings. The smallest absolute Gasteiger partial charge is 0.238 e. The summed E-state index contributed by atoms with van der Waals surface area (Å²) in [6.07, 6.45) is 7.23. The first-order chi connectivity index (χ1) is 6.83.